The van der Waals surface area contributed by atoms with Gasteiger partial charge in [-0.05, 0) is 24.4 Å². The first-order valence-electron chi connectivity index (χ1n) is 3.96. The van der Waals surface area contributed by atoms with Gasteiger partial charge in [-0.15, -0.1) is 28.7 Å². The zero-order valence-corrected chi connectivity index (χ0v) is 9.75. The third-order valence-electron chi connectivity index (χ3n) is 1.42. The molecule has 0 fully saturated rings. The summed E-state index contributed by atoms with van der Waals surface area (Å²) in [5.74, 6) is 0.612. The molecule has 0 atom stereocenters. The van der Waals surface area contributed by atoms with Crippen molar-refractivity contribution in [3.05, 3.63) is 12.7 Å². The van der Waals surface area contributed by atoms with E-state index < -0.39 is 6.69 Å². The molecule has 11 heavy (non-hydrogen) atoms. The largest absolute Gasteiger partial charge is 0.251 e. The van der Waals surface area contributed by atoms with Gasteiger partial charge in [0.2, 0.25) is 0 Å². The molecule has 3 heteroatoms. The quantitative estimate of drug-likeness (QED) is 0.364. The van der Waals surface area contributed by atoms with Crippen molar-refractivity contribution in [2.24, 2.45) is 5.92 Å². The molecule has 0 aromatic rings. The Morgan fingerprint density at radius 3 is 2.36 bits per heavy atom. The average molecular weight is 211 g/mol. The van der Waals surface area contributed by atoms with Crippen LogP contribution in [0.3, 0.4) is 0 Å². The van der Waals surface area contributed by atoms with Crippen molar-refractivity contribution in [2.45, 2.75) is 32.4 Å². The van der Waals surface area contributed by atoms with Gasteiger partial charge in [-0.2, -0.15) is 0 Å². The molecule has 0 saturated carbocycles. The van der Waals surface area contributed by atoms with E-state index in [-0.39, 0.29) is 0 Å². The fourth-order valence-electron chi connectivity index (χ4n) is 1.01. The van der Waals surface area contributed by atoms with E-state index in [0.717, 1.165) is 18.5 Å². The standard InChI is InChI=1S/C8H16Cl2Si/c1-4-5-6-11(9,10)7-8(2)3/h4,8H,1,5-7H2,2-3H3. The first-order valence-corrected chi connectivity index (χ1v) is 8.40. The second-order valence-corrected chi connectivity index (χ2v) is 10.8. The Kier molecular flexibility index (Phi) is 5.49. The summed E-state index contributed by atoms with van der Waals surface area (Å²) in [5, 5.41) is 0. The van der Waals surface area contributed by atoms with Crippen LogP contribution in [0, 0.1) is 5.92 Å². The SMILES string of the molecule is C=CCC[Si](Cl)(Cl)CC(C)C. The first-order chi connectivity index (χ1) is 4.98. The maximum Gasteiger partial charge on any atom is 0.251 e. The minimum Gasteiger partial charge on any atom is -0.146 e. The molecular formula is C8H16Cl2Si. The lowest BCUT2D eigenvalue weighted by atomic mass is 10.3. The van der Waals surface area contributed by atoms with Crippen molar-refractivity contribution in [1.29, 1.82) is 0 Å². The van der Waals surface area contributed by atoms with Gasteiger partial charge in [-0.25, -0.2) is 0 Å². The Labute approximate surface area is 80.0 Å². The highest BCUT2D eigenvalue weighted by atomic mass is 35.7. The lowest BCUT2D eigenvalue weighted by molar-refractivity contribution is 0.725. The molecule has 66 valence electrons. The number of allylic oxidation sites excluding steroid dienone is 1. The maximum absolute atomic E-state index is 6.17. The summed E-state index contributed by atoms with van der Waals surface area (Å²) in [6.07, 6.45) is 2.83. The predicted molar refractivity (Wildman–Crippen MR) is 56.7 cm³/mol. The summed E-state index contributed by atoms with van der Waals surface area (Å²) in [4.78, 5) is 0. The van der Waals surface area contributed by atoms with E-state index in [2.05, 4.69) is 20.4 Å². The second-order valence-electron chi connectivity index (χ2n) is 3.28. The van der Waals surface area contributed by atoms with Crippen molar-refractivity contribution in [2.75, 3.05) is 0 Å². The molecule has 0 aliphatic heterocycles. The first kappa shape index (κ1) is 11.5. The van der Waals surface area contributed by atoms with Crippen LogP contribution in [0.15, 0.2) is 12.7 Å². The molecule has 0 bridgehead atoms. The van der Waals surface area contributed by atoms with E-state index in [1.807, 2.05) is 6.08 Å². The van der Waals surface area contributed by atoms with Gasteiger partial charge in [0.05, 0.1) is 0 Å². The Balaban J connectivity index is 3.69. The van der Waals surface area contributed by atoms with Gasteiger partial charge in [0.15, 0.2) is 0 Å². The molecule has 0 nitrogen and oxygen atoms in total. The normalized spacial score (nSPS) is 12.1. The zero-order valence-electron chi connectivity index (χ0n) is 7.24. The highest BCUT2D eigenvalue weighted by Crippen LogP contribution is 2.30. The van der Waals surface area contributed by atoms with Crippen LogP contribution in [0.1, 0.15) is 20.3 Å². The van der Waals surface area contributed by atoms with Crippen LogP contribution in [-0.4, -0.2) is 6.69 Å². The summed E-state index contributed by atoms with van der Waals surface area (Å²) >= 11 is 12.3. The maximum atomic E-state index is 6.17. The molecule has 0 heterocycles. The topological polar surface area (TPSA) is 0 Å². The van der Waals surface area contributed by atoms with Gasteiger partial charge in [-0.1, -0.05) is 19.9 Å². The fourth-order valence-corrected chi connectivity index (χ4v) is 5.54. The monoisotopic (exact) mass is 210 g/mol. The van der Waals surface area contributed by atoms with E-state index >= 15 is 0 Å². The van der Waals surface area contributed by atoms with Gasteiger partial charge in [0.1, 0.15) is 0 Å². The van der Waals surface area contributed by atoms with Crippen molar-refractivity contribution >= 4 is 28.9 Å². The minimum absolute atomic E-state index is 0.612. The average Bonchev–Trinajstić information content (AvgIpc) is 1.81. The highest BCUT2D eigenvalue weighted by Gasteiger charge is 2.27. The molecule has 0 amide bonds. The molecule has 0 unspecified atom stereocenters. The number of hydrogen-bond donors (Lipinski definition) is 0. The third-order valence-corrected chi connectivity index (χ3v) is 5.91. The van der Waals surface area contributed by atoms with Gasteiger partial charge in [0, 0.05) is 0 Å². The van der Waals surface area contributed by atoms with E-state index in [1.54, 1.807) is 0 Å². The second kappa shape index (κ2) is 5.23. The Morgan fingerprint density at radius 2 is 2.00 bits per heavy atom. The number of hydrogen-bond acceptors (Lipinski definition) is 0. The molecular weight excluding hydrogens is 195 g/mol. The Hall–Kier alpha value is 0.537. The highest BCUT2D eigenvalue weighted by molar-refractivity contribution is 7.45. The van der Waals surface area contributed by atoms with Crippen LogP contribution in [0.4, 0.5) is 0 Å². The molecule has 0 radical (unpaired) electrons. The summed E-state index contributed by atoms with van der Waals surface area (Å²) in [6.45, 7) is 6.04. The number of halogens is 2. The van der Waals surface area contributed by atoms with Crippen molar-refractivity contribution in [3.63, 3.8) is 0 Å². The zero-order chi connectivity index (χ0) is 8.91. The van der Waals surface area contributed by atoms with Crippen LogP contribution in [0.25, 0.3) is 0 Å². The van der Waals surface area contributed by atoms with E-state index in [1.165, 1.54) is 0 Å². The van der Waals surface area contributed by atoms with Gasteiger partial charge < -0.3 is 0 Å². The minimum atomic E-state index is -1.91. The summed E-state index contributed by atoms with van der Waals surface area (Å²) in [5.41, 5.74) is 0. The van der Waals surface area contributed by atoms with Crippen LogP contribution < -0.4 is 0 Å². The molecule has 0 aromatic heterocycles. The fraction of sp³-hybridized carbons (Fsp3) is 0.750. The predicted octanol–water partition coefficient (Wildman–Crippen LogP) is 4.14. The van der Waals surface area contributed by atoms with Crippen molar-refractivity contribution in [1.82, 2.24) is 0 Å². The lowest BCUT2D eigenvalue weighted by Gasteiger charge is -2.17. The summed E-state index contributed by atoms with van der Waals surface area (Å²) in [7, 11) is 0. The Bertz CT molecular complexity index is 121. The molecule has 0 N–H and O–H groups in total. The van der Waals surface area contributed by atoms with Crippen LogP contribution in [-0.2, 0) is 0 Å². The molecule has 0 aliphatic carbocycles. The molecule has 0 spiro atoms. The third kappa shape index (κ3) is 6.92. The Morgan fingerprint density at radius 1 is 1.45 bits per heavy atom. The van der Waals surface area contributed by atoms with Crippen LogP contribution in [0.5, 0.6) is 0 Å². The smallest absolute Gasteiger partial charge is 0.146 e. The molecule has 0 aliphatic rings. The lowest BCUT2D eigenvalue weighted by Crippen LogP contribution is -2.20. The van der Waals surface area contributed by atoms with E-state index in [4.69, 9.17) is 22.2 Å². The summed E-state index contributed by atoms with van der Waals surface area (Å²) < 4.78 is 0. The molecule has 0 saturated heterocycles. The van der Waals surface area contributed by atoms with E-state index in [0.29, 0.717) is 5.92 Å². The molecule has 0 aromatic carbocycles. The van der Waals surface area contributed by atoms with Crippen molar-refractivity contribution < 1.29 is 0 Å². The number of rotatable bonds is 5. The van der Waals surface area contributed by atoms with E-state index in [9.17, 15) is 0 Å². The summed E-state index contributed by atoms with van der Waals surface area (Å²) in [6, 6.07) is 1.93. The van der Waals surface area contributed by atoms with Gasteiger partial charge in [-0.3, -0.25) is 0 Å². The molecule has 0 rings (SSSR count). The van der Waals surface area contributed by atoms with Gasteiger partial charge >= 0.3 is 0 Å². The van der Waals surface area contributed by atoms with Crippen molar-refractivity contribution in [3.8, 4) is 0 Å². The van der Waals surface area contributed by atoms with Gasteiger partial charge in [0.25, 0.3) is 6.69 Å². The van der Waals surface area contributed by atoms with Crippen LogP contribution in [0.2, 0.25) is 12.1 Å². The van der Waals surface area contributed by atoms with Crippen LogP contribution >= 0.6 is 22.2 Å².